The van der Waals surface area contributed by atoms with Crippen molar-refractivity contribution >= 4 is 17.5 Å². The van der Waals surface area contributed by atoms with Gasteiger partial charge in [-0.05, 0) is 31.1 Å². The number of nitrogens with zero attached hydrogens (tertiary/aromatic N) is 1. The average Bonchev–Trinajstić information content (AvgIpc) is 2.65. The van der Waals surface area contributed by atoms with Crippen LogP contribution in [0.2, 0.25) is 0 Å². The highest BCUT2D eigenvalue weighted by atomic mass is 32.2. The molecule has 1 aliphatic heterocycles. The van der Waals surface area contributed by atoms with Gasteiger partial charge < -0.3 is 0 Å². The zero-order valence-corrected chi connectivity index (χ0v) is 12.8. The van der Waals surface area contributed by atoms with Crippen molar-refractivity contribution in [2.45, 2.75) is 56.8 Å². The van der Waals surface area contributed by atoms with Crippen molar-refractivity contribution in [3.05, 3.63) is 29.8 Å². The van der Waals surface area contributed by atoms with Crippen LogP contribution in [-0.4, -0.2) is 18.0 Å². The van der Waals surface area contributed by atoms with Crippen LogP contribution in [0.5, 0.6) is 0 Å². The Morgan fingerprint density at radius 2 is 1.95 bits per heavy atom. The van der Waals surface area contributed by atoms with Crippen LogP contribution < -0.4 is 0 Å². The number of fused-ring (bicyclic) bond motifs is 1. The molecular formula is C17H25NS. The van der Waals surface area contributed by atoms with E-state index >= 15 is 0 Å². The lowest BCUT2D eigenvalue weighted by molar-refractivity contribution is 0.638. The Labute approximate surface area is 121 Å². The summed E-state index contributed by atoms with van der Waals surface area (Å²) in [6, 6.07) is 8.76. The van der Waals surface area contributed by atoms with E-state index in [-0.39, 0.29) is 0 Å². The molecule has 0 aromatic heterocycles. The summed E-state index contributed by atoms with van der Waals surface area (Å²) in [6.07, 6.45) is 9.05. The van der Waals surface area contributed by atoms with E-state index in [0.717, 1.165) is 13.0 Å². The molecule has 1 heterocycles. The van der Waals surface area contributed by atoms with Crippen molar-refractivity contribution < 1.29 is 0 Å². The van der Waals surface area contributed by atoms with Gasteiger partial charge in [0, 0.05) is 22.7 Å². The molecule has 1 aliphatic rings. The fourth-order valence-electron chi connectivity index (χ4n) is 2.48. The summed E-state index contributed by atoms with van der Waals surface area (Å²) in [4.78, 5) is 6.31. The summed E-state index contributed by atoms with van der Waals surface area (Å²) in [5.41, 5.74) is 2.73. The van der Waals surface area contributed by atoms with Gasteiger partial charge >= 0.3 is 0 Å². The Kier molecular flexibility index (Phi) is 6.49. The fraction of sp³-hybridized carbons (Fsp3) is 0.588. The van der Waals surface area contributed by atoms with Gasteiger partial charge in [-0.25, -0.2) is 0 Å². The van der Waals surface area contributed by atoms with Crippen molar-refractivity contribution in [1.29, 1.82) is 0 Å². The van der Waals surface area contributed by atoms with Gasteiger partial charge in [-0.2, -0.15) is 0 Å². The molecule has 0 fully saturated rings. The zero-order valence-electron chi connectivity index (χ0n) is 12.0. The molecule has 1 aromatic carbocycles. The number of benzene rings is 1. The third kappa shape index (κ3) is 4.68. The number of thioether (sulfide) groups is 1. The molecule has 0 N–H and O–H groups in total. The molecular weight excluding hydrogens is 250 g/mol. The van der Waals surface area contributed by atoms with Gasteiger partial charge in [0.05, 0.1) is 0 Å². The first-order valence-electron chi connectivity index (χ1n) is 7.67. The first-order chi connectivity index (χ1) is 9.42. The van der Waals surface area contributed by atoms with Crippen LogP contribution in [0.25, 0.3) is 0 Å². The molecule has 19 heavy (non-hydrogen) atoms. The van der Waals surface area contributed by atoms with Crippen LogP contribution in [0.15, 0.2) is 34.2 Å². The lowest BCUT2D eigenvalue weighted by Crippen LogP contribution is -2.02. The highest BCUT2D eigenvalue weighted by molar-refractivity contribution is 7.99. The first kappa shape index (κ1) is 14.6. The molecule has 2 heteroatoms. The molecule has 0 atom stereocenters. The van der Waals surface area contributed by atoms with E-state index in [1.165, 1.54) is 60.4 Å². The van der Waals surface area contributed by atoms with Crippen LogP contribution in [0.4, 0.5) is 0 Å². The molecule has 0 radical (unpaired) electrons. The summed E-state index contributed by atoms with van der Waals surface area (Å²) in [7, 11) is 0. The van der Waals surface area contributed by atoms with E-state index in [0.29, 0.717) is 0 Å². The summed E-state index contributed by atoms with van der Waals surface area (Å²) < 4.78 is 0. The van der Waals surface area contributed by atoms with Crippen molar-refractivity contribution in [1.82, 2.24) is 0 Å². The van der Waals surface area contributed by atoms with Crippen molar-refractivity contribution in [3.8, 4) is 0 Å². The Morgan fingerprint density at radius 1 is 1.11 bits per heavy atom. The van der Waals surface area contributed by atoms with Crippen LogP contribution in [0, 0.1) is 0 Å². The Hall–Kier alpha value is -0.760. The first-order valence-corrected chi connectivity index (χ1v) is 8.66. The molecule has 1 nitrogen and oxygen atoms in total. The number of hydrogen-bond donors (Lipinski definition) is 0. The number of aliphatic imine (C=N–C) groups is 1. The maximum Gasteiger partial charge on any atom is 0.0432 e. The summed E-state index contributed by atoms with van der Waals surface area (Å²) >= 11 is 1.98. The highest BCUT2D eigenvalue weighted by Crippen LogP contribution is 2.29. The third-order valence-electron chi connectivity index (χ3n) is 3.58. The molecule has 1 aromatic rings. The fourth-order valence-corrected chi connectivity index (χ4v) is 3.51. The van der Waals surface area contributed by atoms with Gasteiger partial charge in [0.1, 0.15) is 0 Å². The van der Waals surface area contributed by atoms with E-state index < -0.39 is 0 Å². The highest BCUT2D eigenvalue weighted by Gasteiger charge is 2.13. The van der Waals surface area contributed by atoms with Crippen molar-refractivity contribution in [2.24, 2.45) is 4.99 Å². The van der Waals surface area contributed by atoms with Gasteiger partial charge in [0.15, 0.2) is 0 Å². The minimum Gasteiger partial charge on any atom is -0.289 e. The number of rotatable bonds is 6. The quantitative estimate of drug-likeness (QED) is 0.639. The minimum atomic E-state index is 1.01. The van der Waals surface area contributed by atoms with Crippen LogP contribution in [0.1, 0.15) is 57.4 Å². The predicted octanol–water partition coefficient (Wildman–Crippen LogP) is 5.33. The Morgan fingerprint density at radius 3 is 2.84 bits per heavy atom. The molecule has 0 bridgehead atoms. The smallest absolute Gasteiger partial charge is 0.0432 e. The van der Waals surface area contributed by atoms with E-state index in [1.54, 1.807) is 0 Å². The number of unbranched alkanes of at least 4 members (excludes halogenated alkanes) is 4. The largest absolute Gasteiger partial charge is 0.289 e. The Bertz CT molecular complexity index is 411. The lowest BCUT2D eigenvalue weighted by Gasteiger charge is -2.07. The van der Waals surface area contributed by atoms with Crippen LogP contribution in [-0.2, 0) is 0 Å². The predicted molar refractivity (Wildman–Crippen MR) is 86.6 cm³/mol. The maximum absolute atomic E-state index is 4.89. The standard InChI is InChI=1S/C17H25NS/c1-2-3-4-5-8-13-18-16-11-9-14-19-17-12-7-6-10-15(16)17/h6-7,10,12H,2-5,8-9,11,13-14H2,1H3. The van der Waals surface area contributed by atoms with Crippen LogP contribution in [0.3, 0.4) is 0 Å². The van der Waals surface area contributed by atoms with E-state index in [4.69, 9.17) is 4.99 Å². The molecule has 0 saturated carbocycles. The van der Waals surface area contributed by atoms with Gasteiger partial charge in [-0.1, -0.05) is 50.8 Å². The van der Waals surface area contributed by atoms with Gasteiger partial charge in [-0.15, -0.1) is 11.8 Å². The molecule has 0 spiro atoms. The average molecular weight is 275 g/mol. The molecule has 0 amide bonds. The topological polar surface area (TPSA) is 12.4 Å². The molecule has 0 saturated heterocycles. The molecule has 0 aliphatic carbocycles. The second kappa shape index (κ2) is 8.42. The second-order valence-corrected chi connectivity index (χ2v) is 6.33. The second-order valence-electron chi connectivity index (χ2n) is 5.19. The minimum absolute atomic E-state index is 1.01. The van der Waals surface area contributed by atoms with Crippen molar-refractivity contribution in [3.63, 3.8) is 0 Å². The van der Waals surface area contributed by atoms with Gasteiger partial charge in [-0.3, -0.25) is 4.99 Å². The summed E-state index contributed by atoms with van der Waals surface area (Å²) in [5.74, 6) is 1.23. The van der Waals surface area contributed by atoms with E-state index in [1.807, 2.05) is 11.8 Å². The zero-order chi connectivity index (χ0) is 13.3. The van der Waals surface area contributed by atoms with Crippen molar-refractivity contribution in [2.75, 3.05) is 12.3 Å². The van der Waals surface area contributed by atoms with Crippen LogP contribution >= 0.6 is 11.8 Å². The number of hydrogen-bond acceptors (Lipinski definition) is 2. The van der Waals surface area contributed by atoms with E-state index in [2.05, 4.69) is 31.2 Å². The third-order valence-corrected chi connectivity index (χ3v) is 4.74. The lowest BCUT2D eigenvalue weighted by atomic mass is 10.1. The summed E-state index contributed by atoms with van der Waals surface area (Å²) in [5, 5.41) is 0. The normalized spacial score (nSPS) is 17.2. The van der Waals surface area contributed by atoms with E-state index in [9.17, 15) is 0 Å². The van der Waals surface area contributed by atoms with Gasteiger partial charge in [0.2, 0.25) is 0 Å². The maximum atomic E-state index is 4.89. The SMILES string of the molecule is CCCCCCCN=C1CCCSc2ccccc21. The summed E-state index contributed by atoms with van der Waals surface area (Å²) in [6.45, 7) is 3.28. The van der Waals surface area contributed by atoms with Gasteiger partial charge in [0.25, 0.3) is 0 Å². The Balaban J connectivity index is 1.91. The molecule has 0 unspecified atom stereocenters. The molecule has 2 rings (SSSR count). The molecule has 104 valence electrons. The monoisotopic (exact) mass is 275 g/mol.